The lowest BCUT2D eigenvalue weighted by molar-refractivity contribution is 0.135. The minimum atomic E-state index is -0.214. The Morgan fingerprint density at radius 2 is 1.47 bits per heavy atom. The van der Waals surface area contributed by atoms with Gasteiger partial charge >= 0.3 is 0 Å². The highest BCUT2D eigenvalue weighted by atomic mass is 32.1. The highest BCUT2D eigenvalue weighted by Crippen LogP contribution is 2.27. The molecule has 2 aromatic carbocycles. The van der Waals surface area contributed by atoms with E-state index in [1.165, 1.54) is 28.8 Å². The maximum absolute atomic E-state index is 13.9. The number of nitrogens with zero attached hydrogens (tertiary/aromatic N) is 2. The molecule has 176 valence electrons. The lowest BCUT2D eigenvalue weighted by Gasteiger charge is -2.38. The number of benzene rings is 2. The third kappa shape index (κ3) is 5.99. The third-order valence-corrected chi connectivity index (χ3v) is 8.04. The Bertz CT molecular complexity index is 1140. The SMILES string of the molecule is Fc1ccc(CC2Cc3cc(F)ccc3CN2CCN(Cc2ccsc2)Cc2ccsc2)cc1. The number of rotatable bonds is 9. The van der Waals surface area contributed by atoms with Crippen molar-refractivity contribution in [3.8, 4) is 0 Å². The first-order valence-electron chi connectivity index (χ1n) is 11.6. The molecule has 0 amide bonds. The molecule has 0 spiro atoms. The van der Waals surface area contributed by atoms with Crippen molar-refractivity contribution in [1.82, 2.24) is 9.80 Å². The van der Waals surface area contributed by atoms with Crippen LogP contribution in [0.2, 0.25) is 0 Å². The quantitative estimate of drug-likeness (QED) is 0.254. The molecule has 3 heterocycles. The molecule has 6 heteroatoms. The van der Waals surface area contributed by atoms with Gasteiger partial charge in [0, 0.05) is 38.8 Å². The maximum atomic E-state index is 13.9. The van der Waals surface area contributed by atoms with Crippen molar-refractivity contribution in [2.24, 2.45) is 0 Å². The van der Waals surface area contributed by atoms with E-state index in [4.69, 9.17) is 0 Å². The van der Waals surface area contributed by atoms with Gasteiger partial charge in [0.15, 0.2) is 0 Å². The Labute approximate surface area is 208 Å². The standard InChI is InChI=1S/C28H28F2N2S2/c29-26-4-1-21(2-5-26)13-28-15-25-14-27(30)6-3-24(25)18-32(28)10-9-31(16-22-7-11-33-19-22)17-23-8-12-34-20-23/h1-8,11-12,14,19-20,28H,9-10,13,15-18H2. The molecule has 5 rings (SSSR count). The average Bonchev–Trinajstić information content (AvgIpc) is 3.53. The fraction of sp³-hybridized carbons (Fsp3) is 0.286. The van der Waals surface area contributed by atoms with E-state index >= 15 is 0 Å². The van der Waals surface area contributed by atoms with Gasteiger partial charge in [-0.2, -0.15) is 22.7 Å². The first-order valence-corrected chi connectivity index (χ1v) is 13.5. The van der Waals surface area contributed by atoms with Crippen LogP contribution in [0.1, 0.15) is 27.8 Å². The van der Waals surface area contributed by atoms with E-state index in [1.807, 2.05) is 18.2 Å². The van der Waals surface area contributed by atoms with Crippen molar-refractivity contribution in [2.45, 2.75) is 38.5 Å². The second-order valence-corrected chi connectivity index (χ2v) is 10.6. The van der Waals surface area contributed by atoms with Crippen LogP contribution >= 0.6 is 22.7 Å². The molecule has 0 fully saturated rings. The fourth-order valence-corrected chi connectivity index (χ4v) is 6.11. The van der Waals surface area contributed by atoms with E-state index in [-0.39, 0.29) is 17.7 Å². The van der Waals surface area contributed by atoms with Crippen LogP contribution in [0.25, 0.3) is 0 Å². The van der Waals surface area contributed by atoms with Crippen LogP contribution in [0, 0.1) is 11.6 Å². The number of halogens is 2. The second kappa shape index (κ2) is 10.9. The van der Waals surface area contributed by atoms with Crippen LogP contribution in [0.3, 0.4) is 0 Å². The van der Waals surface area contributed by atoms with Crippen LogP contribution < -0.4 is 0 Å². The number of hydrogen-bond donors (Lipinski definition) is 0. The maximum Gasteiger partial charge on any atom is 0.123 e. The van der Waals surface area contributed by atoms with Gasteiger partial charge < -0.3 is 0 Å². The first kappa shape index (κ1) is 23.4. The van der Waals surface area contributed by atoms with Crippen LogP contribution in [-0.2, 0) is 32.5 Å². The molecule has 1 atom stereocenters. The van der Waals surface area contributed by atoms with Gasteiger partial charge in [-0.3, -0.25) is 9.80 Å². The van der Waals surface area contributed by atoms with Gasteiger partial charge in [-0.25, -0.2) is 8.78 Å². The van der Waals surface area contributed by atoms with E-state index in [9.17, 15) is 8.78 Å². The highest BCUT2D eigenvalue weighted by molar-refractivity contribution is 7.08. The molecule has 0 aliphatic carbocycles. The van der Waals surface area contributed by atoms with Gasteiger partial charge in [0.05, 0.1) is 0 Å². The Morgan fingerprint density at radius 1 is 0.794 bits per heavy atom. The van der Waals surface area contributed by atoms with E-state index < -0.39 is 0 Å². The molecular weight excluding hydrogens is 466 g/mol. The average molecular weight is 495 g/mol. The van der Waals surface area contributed by atoms with Crippen molar-refractivity contribution in [3.63, 3.8) is 0 Å². The predicted octanol–water partition coefficient (Wildman–Crippen LogP) is 6.76. The molecule has 1 aliphatic rings. The van der Waals surface area contributed by atoms with Gasteiger partial charge in [0.1, 0.15) is 11.6 Å². The Hall–Kier alpha value is -2.38. The van der Waals surface area contributed by atoms with Crippen LogP contribution in [-0.4, -0.2) is 28.9 Å². The zero-order valence-electron chi connectivity index (χ0n) is 19.0. The summed E-state index contributed by atoms with van der Waals surface area (Å²) in [6.07, 6.45) is 1.63. The van der Waals surface area contributed by atoms with Gasteiger partial charge in [-0.05, 0) is 98.6 Å². The molecule has 0 saturated heterocycles. The van der Waals surface area contributed by atoms with E-state index in [0.717, 1.165) is 56.7 Å². The monoisotopic (exact) mass is 494 g/mol. The van der Waals surface area contributed by atoms with Crippen LogP contribution in [0.4, 0.5) is 8.78 Å². The van der Waals surface area contributed by atoms with Crippen molar-refractivity contribution in [2.75, 3.05) is 13.1 Å². The smallest absolute Gasteiger partial charge is 0.123 e. The van der Waals surface area contributed by atoms with E-state index in [0.29, 0.717) is 0 Å². The molecule has 0 radical (unpaired) electrons. The second-order valence-electron chi connectivity index (χ2n) is 9.05. The van der Waals surface area contributed by atoms with Crippen molar-refractivity contribution < 1.29 is 8.78 Å². The van der Waals surface area contributed by atoms with E-state index in [1.54, 1.807) is 34.8 Å². The number of thiophene rings is 2. The number of fused-ring (bicyclic) bond motifs is 1. The minimum absolute atomic E-state index is 0.176. The predicted molar refractivity (Wildman–Crippen MR) is 137 cm³/mol. The summed E-state index contributed by atoms with van der Waals surface area (Å²) in [5.74, 6) is -0.389. The van der Waals surface area contributed by atoms with Gasteiger partial charge in [-0.1, -0.05) is 18.2 Å². The molecule has 0 N–H and O–H groups in total. The van der Waals surface area contributed by atoms with Crippen molar-refractivity contribution in [3.05, 3.63) is 116 Å². The Kier molecular flexibility index (Phi) is 7.50. The number of hydrogen-bond acceptors (Lipinski definition) is 4. The summed E-state index contributed by atoms with van der Waals surface area (Å²) in [7, 11) is 0. The summed E-state index contributed by atoms with van der Waals surface area (Å²) in [6, 6.07) is 16.6. The molecule has 0 bridgehead atoms. The van der Waals surface area contributed by atoms with Gasteiger partial charge in [0.2, 0.25) is 0 Å². The molecule has 2 nitrogen and oxygen atoms in total. The lowest BCUT2D eigenvalue weighted by Crippen LogP contribution is -2.45. The minimum Gasteiger partial charge on any atom is -0.294 e. The third-order valence-electron chi connectivity index (χ3n) is 6.57. The summed E-state index contributed by atoms with van der Waals surface area (Å²) >= 11 is 3.48. The zero-order valence-corrected chi connectivity index (χ0v) is 20.6. The molecule has 34 heavy (non-hydrogen) atoms. The fourth-order valence-electron chi connectivity index (χ4n) is 4.79. The lowest BCUT2D eigenvalue weighted by atomic mass is 9.90. The molecular formula is C28H28F2N2S2. The first-order chi connectivity index (χ1) is 16.6. The molecule has 1 unspecified atom stereocenters. The summed E-state index contributed by atoms with van der Waals surface area (Å²) in [5, 5.41) is 8.72. The van der Waals surface area contributed by atoms with Gasteiger partial charge in [-0.15, -0.1) is 0 Å². The highest BCUT2D eigenvalue weighted by Gasteiger charge is 2.27. The summed E-state index contributed by atoms with van der Waals surface area (Å²) in [4.78, 5) is 5.04. The molecule has 4 aromatic rings. The normalized spacial score (nSPS) is 16.1. The zero-order chi connectivity index (χ0) is 23.3. The molecule has 1 aliphatic heterocycles. The van der Waals surface area contributed by atoms with Crippen molar-refractivity contribution in [1.29, 1.82) is 0 Å². The Balaban J connectivity index is 1.33. The van der Waals surface area contributed by atoms with Crippen LogP contribution in [0.15, 0.2) is 76.1 Å². The van der Waals surface area contributed by atoms with Gasteiger partial charge in [0.25, 0.3) is 0 Å². The summed E-state index contributed by atoms with van der Waals surface area (Å²) in [5.41, 5.74) is 6.12. The van der Waals surface area contributed by atoms with Crippen molar-refractivity contribution >= 4 is 22.7 Å². The summed E-state index contributed by atoms with van der Waals surface area (Å²) in [6.45, 7) is 4.54. The largest absolute Gasteiger partial charge is 0.294 e. The molecule has 2 aromatic heterocycles. The summed E-state index contributed by atoms with van der Waals surface area (Å²) < 4.78 is 27.4. The van der Waals surface area contributed by atoms with E-state index in [2.05, 4.69) is 43.5 Å². The topological polar surface area (TPSA) is 6.48 Å². The van der Waals surface area contributed by atoms with Crippen LogP contribution in [0.5, 0.6) is 0 Å². The Morgan fingerprint density at radius 3 is 2.12 bits per heavy atom. The molecule has 0 saturated carbocycles.